The SMILES string of the molecule is Cc1ccccc1-c1cc(CC(=O)OCc2ccc3c(cnn3C)c2)n(C)n1. The van der Waals surface area contributed by atoms with Gasteiger partial charge in [0.05, 0.1) is 23.8 Å². The van der Waals surface area contributed by atoms with E-state index in [4.69, 9.17) is 4.74 Å². The lowest BCUT2D eigenvalue weighted by Crippen LogP contribution is -2.11. The first-order valence-electron chi connectivity index (χ1n) is 9.16. The number of rotatable bonds is 5. The molecule has 2 heterocycles. The van der Waals surface area contributed by atoms with Crippen molar-refractivity contribution < 1.29 is 9.53 Å². The minimum absolute atomic E-state index is 0.185. The van der Waals surface area contributed by atoms with Gasteiger partial charge in [-0.3, -0.25) is 14.2 Å². The zero-order chi connectivity index (χ0) is 19.7. The van der Waals surface area contributed by atoms with Gasteiger partial charge in [0.1, 0.15) is 6.61 Å². The quantitative estimate of drug-likeness (QED) is 0.501. The second-order valence-corrected chi connectivity index (χ2v) is 6.96. The Kier molecular flexibility index (Phi) is 4.69. The number of ether oxygens (including phenoxy) is 1. The van der Waals surface area contributed by atoms with E-state index >= 15 is 0 Å². The molecule has 0 radical (unpaired) electrons. The number of aromatic nitrogens is 4. The summed E-state index contributed by atoms with van der Waals surface area (Å²) in [5.74, 6) is -0.273. The van der Waals surface area contributed by atoms with E-state index in [9.17, 15) is 4.79 Å². The van der Waals surface area contributed by atoms with Gasteiger partial charge in [-0.15, -0.1) is 0 Å². The zero-order valence-corrected chi connectivity index (χ0v) is 16.2. The summed E-state index contributed by atoms with van der Waals surface area (Å²) in [4.78, 5) is 12.3. The third-order valence-electron chi connectivity index (χ3n) is 4.93. The van der Waals surface area contributed by atoms with Crippen LogP contribution in [0.5, 0.6) is 0 Å². The van der Waals surface area contributed by atoms with Crippen molar-refractivity contribution >= 4 is 16.9 Å². The van der Waals surface area contributed by atoms with Gasteiger partial charge in [0.15, 0.2) is 0 Å². The average molecular weight is 374 g/mol. The molecule has 4 aromatic rings. The van der Waals surface area contributed by atoms with Gasteiger partial charge in [0, 0.05) is 30.7 Å². The molecule has 4 rings (SSSR count). The lowest BCUT2D eigenvalue weighted by atomic mass is 10.1. The molecule has 2 aromatic carbocycles. The summed E-state index contributed by atoms with van der Waals surface area (Å²) in [5.41, 5.74) is 5.91. The van der Waals surface area contributed by atoms with Crippen molar-refractivity contribution in [3.8, 4) is 11.3 Å². The molecule has 0 saturated heterocycles. The lowest BCUT2D eigenvalue weighted by Gasteiger charge is -2.06. The van der Waals surface area contributed by atoms with Crippen LogP contribution in [0.15, 0.2) is 54.7 Å². The van der Waals surface area contributed by atoms with Crippen molar-refractivity contribution in [1.82, 2.24) is 19.6 Å². The van der Waals surface area contributed by atoms with Crippen LogP contribution < -0.4 is 0 Å². The summed E-state index contributed by atoms with van der Waals surface area (Å²) in [7, 11) is 3.75. The van der Waals surface area contributed by atoms with Crippen LogP contribution in [0.4, 0.5) is 0 Å². The molecule has 0 aliphatic heterocycles. The molecule has 0 atom stereocenters. The predicted octanol–water partition coefficient (Wildman–Crippen LogP) is 3.57. The van der Waals surface area contributed by atoms with Gasteiger partial charge in [-0.05, 0) is 36.2 Å². The molecule has 0 amide bonds. The van der Waals surface area contributed by atoms with Crippen molar-refractivity contribution in [3.63, 3.8) is 0 Å². The van der Waals surface area contributed by atoms with Crippen LogP contribution in [0.3, 0.4) is 0 Å². The maximum atomic E-state index is 12.3. The Morgan fingerprint density at radius 1 is 1.07 bits per heavy atom. The van der Waals surface area contributed by atoms with Crippen LogP contribution in [0.25, 0.3) is 22.2 Å². The molecule has 6 nitrogen and oxygen atoms in total. The van der Waals surface area contributed by atoms with E-state index in [0.29, 0.717) is 0 Å². The monoisotopic (exact) mass is 374 g/mol. The summed E-state index contributed by atoms with van der Waals surface area (Å²) >= 11 is 0. The Labute approximate surface area is 163 Å². The number of fused-ring (bicyclic) bond motifs is 1. The highest BCUT2D eigenvalue weighted by molar-refractivity contribution is 5.79. The van der Waals surface area contributed by atoms with Crippen LogP contribution in [0, 0.1) is 6.92 Å². The van der Waals surface area contributed by atoms with E-state index in [1.165, 1.54) is 0 Å². The summed E-state index contributed by atoms with van der Waals surface area (Å²) in [5, 5.41) is 9.81. The summed E-state index contributed by atoms with van der Waals surface area (Å²) in [6.45, 7) is 2.29. The first-order valence-corrected chi connectivity index (χ1v) is 9.16. The molecular formula is C22H22N4O2. The normalized spacial score (nSPS) is 11.1. The summed E-state index contributed by atoms with van der Waals surface area (Å²) in [6, 6.07) is 16.0. The van der Waals surface area contributed by atoms with E-state index in [0.717, 1.165) is 39.0 Å². The van der Waals surface area contributed by atoms with Crippen molar-refractivity contribution in [3.05, 3.63) is 71.5 Å². The van der Waals surface area contributed by atoms with Crippen LogP contribution >= 0.6 is 0 Å². The van der Waals surface area contributed by atoms with E-state index < -0.39 is 0 Å². The molecule has 142 valence electrons. The average Bonchev–Trinajstić information content (AvgIpc) is 3.23. The fraction of sp³-hybridized carbons (Fsp3) is 0.227. The molecular weight excluding hydrogens is 352 g/mol. The molecule has 2 aromatic heterocycles. The predicted molar refractivity (Wildman–Crippen MR) is 108 cm³/mol. The number of carbonyl (C=O) groups excluding carboxylic acids is 1. The maximum absolute atomic E-state index is 12.3. The maximum Gasteiger partial charge on any atom is 0.312 e. The summed E-state index contributed by atoms with van der Waals surface area (Å²) in [6.07, 6.45) is 1.99. The lowest BCUT2D eigenvalue weighted by molar-refractivity contribution is -0.144. The Hall–Kier alpha value is -3.41. The van der Waals surface area contributed by atoms with Gasteiger partial charge in [0.2, 0.25) is 0 Å². The number of carbonyl (C=O) groups is 1. The molecule has 0 bridgehead atoms. The van der Waals surface area contributed by atoms with Crippen LogP contribution in [-0.2, 0) is 36.7 Å². The van der Waals surface area contributed by atoms with Gasteiger partial charge in [-0.1, -0.05) is 30.3 Å². The van der Waals surface area contributed by atoms with Gasteiger partial charge < -0.3 is 4.74 Å². The minimum atomic E-state index is -0.273. The number of esters is 1. The molecule has 0 N–H and O–H groups in total. The third kappa shape index (κ3) is 3.53. The van der Waals surface area contributed by atoms with Crippen LogP contribution in [0.1, 0.15) is 16.8 Å². The molecule has 6 heteroatoms. The molecule has 0 aliphatic carbocycles. The standard InChI is InChI=1S/C22H22N4O2/c1-15-6-4-5-7-19(15)20-11-18(25(2)24-20)12-22(27)28-14-16-8-9-21-17(10-16)13-23-26(21)3/h4-11,13H,12,14H2,1-3H3. The van der Waals surface area contributed by atoms with E-state index in [-0.39, 0.29) is 19.0 Å². The van der Waals surface area contributed by atoms with Crippen LogP contribution in [-0.4, -0.2) is 25.5 Å². The van der Waals surface area contributed by atoms with Crippen molar-refractivity contribution in [2.45, 2.75) is 20.0 Å². The van der Waals surface area contributed by atoms with Crippen molar-refractivity contribution in [2.24, 2.45) is 14.1 Å². The highest BCUT2D eigenvalue weighted by Crippen LogP contribution is 2.23. The van der Waals surface area contributed by atoms with Crippen LogP contribution in [0.2, 0.25) is 0 Å². The number of benzene rings is 2. The van der Waals surface area contributed by atoms with Crippen molar-refractivity contribution in [1.29, 1.82) is 0 Å². The molecule has 0 spiro atoms. The number of aryl methyl sites for hydroxylation is 3. The summed E-state index contributed by atoms with van der Waals surface area (Å²) < 4.78 is 9.03. The zero-order valence-electron chi connectivity index (χ0n) is 16.2. The number of hydrogen-bond donors (Lipinski definition) is 0. The second kappa shape index (κ2) is 7.31. The van der Waals surface area contributed by atoms with E-state index in [1.54, 1.807) is 4.68 Å². The Morgan fingerprint density at radius 2 is 1.89 bits per heavy atom. The number of nitrogens with zero attached hydrogens (tertiary/aromatic N) is 4. The Bertz CT molecular complexity index is 1160. The smallest absolute Gasteiger partial charge is 0.312 e. The first kappa shape index (κ1) is 18.0. The fourth-order valence-corrected chi connectivity index (χ4v) is 3.33. The number of hydrogen-bond acceptors (Lipinski definition) is 4. The third-order valence-corrected chi connectivity index (χ3v) is 4.93. The molecule has 28 heavy (non-hydrogen) atoms. The van der Waals surface area contributed by atoms with E-state index in [2.05, 4.69) is 23.2 Å². The Morgan fingerprint density at radius 3 is 2.71 bits per heavy atom. The Balaban J connectivity index is 1.43. The van der Waals surface area contributed by atoms with Gasteiger partial charge in [-0.2, -0.15) is 10.2 Å². The fourth-order valence-electron chi connectivity index (χ4n) is 3.33. The topological polar surface area (TPSA) is 61.9 Å². The molecule has 0 unspecified atom stereocenters. The minimum Gasteiger partial charge on any atom is -0.461 e. The second-order valence-electron chi connectivity index (χ2n) is 6.96. The molecule has 0 saturated carbocycles. The highest BCUT2D eigenvalue weighted by atomic mass is 16.5. The van der Waals surface area contributed by atoms with Crippen molar-refractivity contribution in [2.75, 3.05) is 0 Å². The van der Waals surface area contributed by atoms with E-state index in [1.807, 2.05) is 67.4 Å². The van der Waals surface area contributed by atoms with Gasteiger partial charge in [0.25, 0.3) is 0 Å². The first-order chi connectivity index (χ1) is 13.5. The van der Waals surface area contributed by atoms with Gasteiger partial charge >= 0.3 is 5.97 Å². The largest absolute Gasteiger partial charge is 0.461 e. The van der Waals surface area contributed by atoms with Gasteiger partial charge in [-0.25, -0.2) is 0 Å². The highest BCUT2D eigenvalue weighted by Gasteiger charge is 2.13. The molecule has 0 fully saturated rings. The molecule has 0 aliphatic rings.